The first-order chi connectivity index (χ1) is 16.0. The van der Waals surface area contributed by atoms with Crippen molar-refractivity contribution in [3.63, 3.8) is 0 Å². The first-order valence-electron chi connectivity index (χ1n) is 13.4. The summed E-state index contributed by atoms with van der Waals surface area (Å²) in [5, 5.41) is 9.40. The zero-order chi connectivity index (χ0) is 24.2. The number of aromatic hydroxyl groups is 1. The van der Waals surface area contributed by atoms with Crippen molar-refractivity contribution in [2.45, 2.75) is 123 Å². The summed E-state index contributed by atoms with van der Waals surface area (Å²) in [4.78, 5) is 25.0. The highest BCUT2D eigenvalue weighted by atomic mass is 16.3. The predicted molar refractivity (Wildman–Crippen MR) is 137 cm³/mol. The van der Waals surface area contributed by atoms with Gasteiger partial charge in [-0.1, -0.05) is 122 Å². The van der Waals surface area contributed by atoms with Crippen LogP contribution >= 0.6 is 0 Å². The molecule has 0 unspecified atom stereocenters. The summed E-state index contributed by atoms with van der Waals surface area (Å²) in [6, 6.07) is 6.67. The van der Waals surface area contributed by atoms with Crippen molar-refractivity contribution in [3.8, 4) is 5.75 Å². The molecule has 0 fully saturated rings. The number of nitrogens with two attached hydrogens (primary N) is 1. The van der Waals surface area contributed by atoms with E-state index in [1.807, 2.05) is 0 Å². The van der Waals surface area contributed by atoms with E-state index in [2.05, 4.69) is 6.92 Å². The average Bonchev–Trinajstić information content (AvgIpc) is 2.81. The van der Waals surface area contributed by atoms with E-state index >= 15 is 0 Å². The van der Waals surface area contributed by atoms with E-state index in [-0.39, 0.29) is 5.75 Å². The van der Waals surface area contributed by atoms with Crippen LogP contribution in [-0.2, 0) is 16.1 Å². The van der Waals surface area contributed by atoms with Crippen LogP contribution in [0, 0.1) is 0 Å². The number of primary amides is 1. The van der Waals surface area contributed by atoms with Crippen LogP contribution in [0.3, 0.4) is 0 Å². The van der Waals surface area contributed by atoms with Crippen LogP contribution in [-0.4, -0.2) is 28.4 Å². The Morgan fingerprint density at radius 3 is 1.48 bits per heavy atom. The molecule has 1 aromatic carbocycles. The van der Waals surface area contributed by atoms with Gasteiger partial charge in [0.25, 0.3) is 0 Å². The summed E-state index contributed by atoms with van der Waals surface area (Å²) in [5.41, 5.74) is 6.08. The van der Waals surface area contributed by atoms with Crippen LogP contribution in [0.4, 0.5) is 0 Å². The Kier molecular flexibility index (Phi) is 17.1. The van der Waals surface area contributed by atoms with Gasteiger partial charge >= 0.3 is 11.8 Å². The highest BCUT2D eigenvalue weighted by molar-refractivity contribution is 6.34. The zero-order valence-electron chi connectivity index (χ0n) is 21.0. The quantitative estimate of drug-likeness (QED) is 0.165. The van der Waals surface area contributed by atoms with Gasteiger partial charge in [0.1, 0.15) is 5.75 Å². The molecule has 0 aliphatic rings. The van der Waals surface area contributed by atoms with Gasteiger partial charge in [-0.15, -0.1) is 0 Å². The van der Waals surface area contributed by atoms with E-state index in [0.29, 0.717) is 13.1 Å². The molecule has 5 nitrogen and oxygen atoms in total. The molecule has 1 aromatic rings. The molecule has 33 heavy (non-hydrogen) atoms. The number of carbonyl (C=O) groups is 2. The number of hydrogen-bond donors (Lipinski definition) is 2. The summed E-state index contributed by atoms with van der Waals surface area (Å²) in [6.45, 7) is 3.13. The first-order valence-corrected chi connectivity index (χ1v) is 13.4. The number of hydrogen-bond acceptors (Lipinski definition) is 3. The van der Waals surface area contributed by atoms with Crippen molar-refractivity contribution in [1.29, 1.82) is 0 Å². The van der Waals surface area contributed by atoms with Crippen molar-refractivity contribution < 1.29 is 14.7 Å². The number of amides is 2. The van der Waals surface area contributed by atoms with E-state index in [4.69, 9.17) is 5.73 Å². The van der Waals surface area contributed by atoms with Gasteiger partial charge in [0.05, 0.1) is 0 Å². The topological polar surface area (TPSA) is 83.6 Å². The molecule has 0 radical (unpaired) electrons. The highest BCUT2D eigenvalue weighted by Gasteiger charge is 2.18. The number of carbonyl (C=O) groups excluding carboxylic acids is 2. The zero-order valence-corrected chi connectivity index (χ0v) is 21.0. The molecule has 0 saturated heterocycles. The minimum Gasteiger partial charge on any atom is -0.508 e. The van der Waals surface area contributed by atoms with Gasteiger partial charge in [-0.25, -0.2) is 0 Å². The van der Waals surface area contributed by atoms with Crippen LogP contribution in [0.1, 0.15) is 122 Å². The van der Waals surface area contributed by atoms with E-state index in [9.17, 15) is 14.7 Å². The maximum absolute atomic E-state index is 12.1. The summed E-state index contributed by atoms with van der Waals surface area (Å²) in [6.07, 6.45) is 22.3. The number of nitrogens with zero attached hydrogens (tertiary/aromatic N) is 1. The van der Waals surface area contributed by atoms with E-state index in [1.54, 1.807) is 24.3 Å². The van der Waals surface area contributed by atoms with Crippen LogP contribution < -0.4 is 5.73 Å². The van der Waals surface area contributed by atoms with Gasteiger partial charge in [0.2, 0.25) is 0 Å². The number of rotatable bonds is 20. The smallest absolute Gasteiger partial charge is 0.311 e. The van der Waals surface area contributed by atoms with Gasteiger partial charge < -0.3 is 15.7 Å². The molecule has 5 heteroatoms. The summed E-state index contributed by atoms with van der Waals surface area (Å²) in [7, 11) is 0. The maximum atomic E-state index is 12.1. The third-order valence-electron chi connectivity index (χ3n) is 6.34. The van der Waals surface area contributed by atoms with E-state index in [1.165, 1.54) is 94.8 Å². The number of phenols is 1. The second-order valence-electron chi connectivity index (χ2n) is 9.41. The maximum Gasteiger partial charge on any atom is 0.311 e. The Morgan fingerprint density at radius 2 is 1.09 bits per heavy atom. The summed E-state index contributed by atoms with van der Waals surface area (Å²) >= 11 is 0. The SMILES string of the molecule is CCCCCCCCCCCCCCCCCCCN(Cc1ccc(O)cc1)C(=O)C(N)=O. The normalized spacial score (nSPS) is 10.9. The summed E-state index contributed by atoms with van der Waals surface area (Å²) in [5.74, 6) is -1.37. The fraction of sp³-hybridized carbons (Fsp3) is 0.714. The fourth-order valence-corrected chi connectivity index (χ4v) is 4.26. The molecular formula is C28H48N2O3. The molecule has 0 saturated carbocycles. The van der Waals surface area contributed by atoms with Gasteiger partial charge in [-0.2, -0.15) is 0 Å². The van der Waals surface area contributed by atoms with Crippen molar-refractivity contribution in [1.82, 2.24) is 4.90 Å². The third-order valence-corrected chi connectivity index (χ3v) is 6.34. The Morgan fingerprint density at radius 1 is 0.697 bits per heavy atom. The van der Waals surface area contributed by atoms with Crippen LogP contribution in [0.25, 0.3) is 0 Å². The standard InChI is InChI=1S/C28H48N2O3/c1-2-3-4-5-6-7-8-9-10-11-12-13-14-15-16-17-18-23-30(28(33)27(29)32)24-25-19-21-26(31)22-20-25/h19-22,31H,2-18,23-24H2,1H3,(H2,29,32). The molecule has 2 amide bonds. The largest absolute Gasteiger partial charge is 0.508 e. The van der Waals surface area contributed by atoms with Gasteiger partial charge in [-0.3, -0.25) is 9.59 Å². The Bertz CT molecular complexity index is 631. The van der Waals surface area contributed by atoms with Gasteiger partial charge in [0.15, 0.2) is 0 Å². The molecule has 0 aliphatic carbocycles. The number of unbranched alkanes of at least 4 members (excludes halogenated alkanes) is 16. The Balaban J connectivity index is 2.01. The molecule has 0 aliphatic heterocycles. The van der Waals surface area contributed by atoms with Gasteiger partial charge in [-0.05, 0) is 24.1 Å². The lowest BCUT2D eigenvalue weighted by atomic mass is 10.0. The van der Waals surface area contributed by atoms with Crippen LogP contribution in [0.5, 0.6) is 5.75 Å². The molecule has 188 valence electrons. The monoisotopic (exact) mass is 460 g/mol. The van der Waals surface area contributed by atoms with Gasteiger partial charge in [0, 0.05) is 13.1 Å². The predicted octanol–water partition coefficient (Wildman–Crippen LogP) is 6.86. The molecule has 0 atom stereocenters. The van der Waals surface area contributed by atoms with Crippen molar-refractivity contribution >= 4 is 11.8 Å². The fourth-order valence-electron chi connectivity index (χ4n) is 4.26. The number of phenolic OH excluding ortho intramolecular Hbond substituents is 1. The van der Waals surface area contributed by atoms with Crippen molar-refractivity contribution in [3.05, 3.63) is 29.8 Å². The van der Waals surface area contributed by atoms with E-state index < -0.39 is 11.8 Å². The second-order valence-corrected chi connectivity index (χ2v) is 9.41. The van der Waals surface area contributed by atoms with E-state index in [0.717, 1.165) is 24.8 Å². The Hall–Kier alpha value is -2.04. The minimum absolute atomic E-state index is 0.180. The molecule has 0 bridgehead atoms. The minimum atomic E-state index is -0.916. The molecule has 0 aromatic heterocycles. The van der Waals surface area contributed by atoms with Crippen molar-refractivity contribution in [2.24, 2.45) is 5.73 Å². The lowest BCUT2D eigenvalue weighted by molar-refractivity contribution is -0.144. The lowest BCUT2D eigenvalue weighted by Gasteiger charge is -2.21. The third kappa shape index (κ3) is 15.4. The molecule has 0 spiro atoms. The molecule has 3 N–H and O–H groups in total. The Labute approximate surface area is 202 Å². The molecule has 0 heterocycles. The summed E-state index contributed by atoms with van der Waals surface area (Å²) < 4.78 is 0. The van der Waals surface area contributed by atoms with Crippen LogP contribution in [0.2, 0.25) is 0 Å². The van der Waals surface area contributed by atoms with Crippen molar-refractivity contribution in [2.75, 3.05) is 6.54 Å². The molecule has 1 rings (SSSR count). The highest BCUT2D eigenvalue weighted by Crippen LogP contribution is 2.15. The van der Waals surface area contributed by atoms with Crippen LogP contribution in [0.15, 0.2) is 24.3 Å². The molecular weight excluding hydrogens is 412 g/mol. The number of benzene rings is 1. The lowest BCUT2D eigenvalue weighted by Crippen LogP contribution is -2.40. The second kappa shape index (κ2) is 19.4. The first kappa shape index (κ1) is 29.0. The average molecular weight is 461 g/mol.